The van der Waals surface area contributed by atoms with Crippen LogP contribution in [0.15, 0.2) is 12.3 Å². The Morgan fingerprint density at radius 1 is 1.65 bits per heavy atom. The molecule has 1 heterocycles. The van der Waals surface area contributed by atoms with Gasteiger partial charge < -0.3 is 4.90 Å². The lowest BCUT2D eigenvalue weighted by atomic mass is 10.2. The minimum Gasteiger partial charge on any atom is -0.356 e. The van der Waals surface area contributed by atoms with Crippen LogP contribution in [-0.2, 0) is 0 Å². The lowest BCUT2D eigenvalue weighted by molar-refractivity contribution is -0.385. The van der Waals surface area contributed by atoms with Gasteiger partial charge in [0.1, 0.15) is 5.82 Å². The standard InChI is InChI=1S/C11H14N4O2/c1-3-14(6-4-5-12)11-7-10(15(16)17)9(2)8-13-11/h7-8H,3-4,6H2,1-2H3. The van der Waals surface area contributed by atoms with E-state index in [0.717, 1.165) is 0 Å². The molecule has 0 unspecified atom stereocenters. The van der Waals surface area contributed by atoms with Crippen LogP contribution < -0.4 is 4.90 Å². The zero-order valence-corrected chi connectivity index (χ0v) is 9.88. The van der Waals surface area contributed by atoms with Gasteiger partial charge in [0.15, 0.2) is 0 Å². The molecule has 90 valence electrons. The van der Waals surface area contributed by atoms with Crippen molar-refractivity contribution in [3.8, 4) is 6.07 Å². The van der Waals surface area contributed by atoms with E-state index in [2.05, 4.69) is 4.98 Å². The number of aromatic nitrogens is 1. The number of pyridine rings is 1. The molecule has 1 rings (SSSR count). The third-order valence-electron chi connectivity index (χ3n) is 2.46. The first-order valence-electron chi connectivity index (χ1n) is 5.33. The third-order valence-corrected chi connectivity index (χ3v) is 2.46. The van der Waals surface area contributed by atoms with Gasteiger partial charge in [-0.2, -0.15) is 5.26 Å². The van der Waals surface area contributed by atoms with E-state index < -0.39 is 4.92 Å². The average molecular weight is 234 g/mol. The first-order chi connectivity index (χ1) is 8.10. The summed E-state index contributed by atoms with van der Waals surface area (Å²) in [6.07, 6.45) is 1.86. The van der Waals surface area contributed by atoms with Crippen LogP contribution in [0.2, 0.25) is 0 Å². The molecule has 17 heavy (non-hydrogen) atoms. The van der Waals surface area contributed by atoms with Gasteiger partial charge in [0.25, 0.3) is 5.69 Å². The van der Waals surface area contributed by atoms with Crippen LogP contribution in [0.25, 0.3) is 0 Å². The van der Waals surface area contributed by atoms with Crippen LogP contribution >= 0.6 is 0 Å². The lowest BCUT2D eigenvalue weighted by Gasteiger charge is -2.20. The summed E-state index contributed by atoms with van der Waals surface area (Å²) in [5.41, 5.74) is 0.598. The number of nitro groups is 1. The second-order valence-electron chi connectivity index (χ2n) is 3.57. The Morgan fingerprint density at radius 3 is 2.88 bits per heavy atom. The Labute approximate surface area is 99.6 Å². The van der Waals surface area contributed by atoms with Crippen molar-refractivity contribution in [2.75, 3.05) is 18.0 Å². The molecule has 0 aliphatic rings. The van der Waals surface area contributed by atoms with Crippen LogP contribution in [0.3, 0.4) is 0 Å². The second-order valence-corrected chi connectivity index (χ2v) is 3.57. The number of anilines is 1. The molecular formula is C11H14N4O2. The SMILES string of the molecule is CCN(CCC#N)c1cc([N+](=O)[O-])c(C)cn1. The minimum absolute atomic E-state index is 0.0606. The van der Waals surface area contributed by atoms with E-state index in [-0.39, 0.29) is 5.69 Å². The predicted octanol–water partition coefficient (Wildman–Crippen LogP) is 2.04. The maximum atomic E-state index is 10.8. The Bertz CT molecular complexity index is 453. The number of nitrogens with zero attached hydrogens (tertiary/aromatic N) is 4. The zero-order valence-electron chi connectivity index (χ0n) is 9.88. The van der Waals surface area contributed by atoms with E-state index in [1.165, 1.54) is 12.3 Å². The van der Waals surface area contributed by atoms with Crippen LogP contribution in [0.4, 0.5) is 11.5 Å². The highest BCUT2D eigenvalue weighted by molar-refractivity contribution is 5.50. The summed E-state index contributed by atoms with van der Waals surface area (Å²) in [6, 6.07) is 3.50. The molecule has 0 amide bonds. The van der Waals surface area contributed by atoms with Gasteiger partial charge >= 0.3 is 0 Å². The quantitative estimate of drug-likeness (QED) is 0.575. The summed E-state index contributed by atoms with van der Waals surface area (Å²) in [6.45, 7) is 4.76. The fourth-order valence-electron chi connectivity index (χ4n) is 1.49. The summed E-state index contributed by atoms with van der Waals surface area (Å²) in [5.74, 6) is 0.542. The highest BCUT2D eigenvalue weighted by Crippen LogP contribution is 2.22. The highest BCUT2D eigenvalue weighted by atomic mass is 16.6. The fraction of sp³-hybridized carbons (Fsp3) is 0.455. The molecule has 0 radical (unpaired) electrons. The van der Waals surface area contributed by atoms with Gasteiger partial charge in [-0.15, -0.1) is 0 Å². The number of rotatable bonds is 5. The van der Waals surface area contributed by atoms with Gasteiger partial charge in [-0.3, -0.25) is 10.1 Å². The fourth-order valence-corrected chi connectivity index (χ4v) is 1.49. The van der Waals surface area contributed by atoms with Gasteiger partial charge in [-0.1, -0.05) is 0 Å². The first kappa shape index (κ1) is 12.9. The molecule has 0 fully saturated rings. The summed E-state index contributed by atoms with van der Waals surface area (Å²) in [4.78, 5) is 16.4. The van der Waals surface area contributed by atoms with Crippen molar-refractivity contribution in [2.45, 2.75) is 20.3 Å². The van der Waals surface area contributed by atoms with E-state index in [0.29, 0.717) is 30.9 Å². The zero-order chi connectivity index (χ0) is 12.8. The largest absolute Gasteiger partial charge is 0.356 e. The molecule has 0 N–H and O–H groups in total. The highest BCUT2D eigenvalue weighted by Gasteiger charge is 2.14. The molecule has 0 atom stereocenters. The van der Waals surface area contributed by atoms with Gasteiger partial charge in [0.05, 0.1) is 23.5 Å². The molecule has 0 saturated carbocycles. The van der Waals surface area contributed by atoms with Crippen LogP contribution in [0.1, 0.15) is 18.9 Å². The molecule has 0 saturated heterocycles. The van der Waals surface area contributed by atoms with Gasteiger partial charge in [-0.05, 0) is 13.8 Å². The normalized spacial score (nSPS) is 9.71. The number of hydrogen-bond acceptors (Lipinski definition) is 5. The smallest absolute Gasteiger partial charge is 0.277 e. The summed E-state index contributed by atoms with van der Waals surface area (Å²) in [7, 11) is 0. The number of hydrogen-bond donors (Lipinski definition) is 0. The minimum atomic E-state index is -0.418. The van der Waals surface area contributed by atoms with Crippen molar-refractivity contribution in [3.05, 3.63) is 27.9 Å². The molecule has 0 aliphatic heterocycles. The van der Waals surface area contributed by atoms with E-state index in [1.54, 1.807) is 6.92 Å². The molecule has 0 aromatic carbocycles. The molecule has 0 bridgehead atoms. The van der Waals surface area contributed by atoms with Crippen molar-refractivity contribution < 1.29 is 4.92 Å². The predicted molar refractivity (Wildman–Crippen MR) is 63.7 cm³/mol. The Hall–Kier alpha value is -2.16. The summed E-state index contributed by atoms with van der Waals surface area (Å²) >= 11 is 0. The van der Waals surface area contributed by atoms with Gasteiger partial charge in [-0.25, -0.2) is 4.98 Å². The van der Waals surface area contributed by atoms with Crippen LogP contribution in [0.5, 0.6) is 0 Å². The monoisotopic (exact) mass is 234 g/mol. The molecular weight excluding hydrogens is 220 g/mol. The van der Waals surface area contributed by atoms with Crippen molar-refractivity contribution >= 4 is 11.5 Å². The maximum Gasteiger partial charge on any atom is 0.277 e. The Kier molecular flexibility index (Phi) is 4.40. The topological polar surface area (TPSA) is 83.1 Å². The number of aryl methyl sites for hydroxylation is 1. The molecule has 1 aromatic heterocycles. The number of nitriles is 1. The van der Waals surface area contributed by atoms with Gasteiger partial charge in [0.2, 0.25) is 0 Å². The maximum absolute atomic E-state index is 10.8. The average Bonchev–Trinajstić information content (AvgIpc) is 2.31. The molecule has 6 heteroatoms. The van der Waals surface area contributed by atoms with Crippen molar-refractivity contribution in [2.24, 2.45) is 0 Å². The third kappa shape index (κ3) is 3.14. The van der Waals surface area contributed by atoms with Crippen molar-refractivity contribution in [3.63, 3.8) is 0 Å². The molecule has 6 nitrogen and oxygen atoms in total. The molecule has 0 aliphatic carbocycles. The van der Waals surface area contributed by atoms with E-state index in [9.17, 15) is 10.1 Å². The Balaban J connectivity index is 3.01. The second kappa shape index (κ2) is 5.80. The lowest BCUT2D eigenvalue weighted by Crippen LogP contribution is -2.24. The summed E-state index contributed by atoms with van der Waals surface area (Å²) < 4.78 is 0. The summed E-state index contributed by atoms with van der Waals surface area (Å²) in [5, 5.41) is 19.3. The Morgan fingerprint density at radius 2 is 2.35 bits per heavy atom. The van der Waals surface area contributed by atoms with Crippen LogP contribution in [-0.4, -0.2) is 23.0 Å². The molecule has 0 spiro atoms. The molecule has 1 aromatic rings. The first-order valence-corrected chi connectivity index (χ1v) is 5.33. The van der Waals surface area contributed by atoms with Crippen molar-refractivity contribution in [1.29, 1.82) is 5.26 Å². The van der Waals surface area contributed by atoms with E-state index in [4.69, 9.17) is 5.26 Å². The van der Waals surface area contributed by atoms with E-state index in [1.807, 2.05) is 17.9 Å². The van der Waals surface area contributed by atoms with Crippen LogP contribution in [0, 0.1) is 28.4 Å². The van der Waals surface area contributed by atoms with Crippen molar-refractivity contribution in [1.82, 2.24) is 4.98 Å². The van der Waals surface area contributed by atoms with E-state index >= 15 is 0 Å². The van der Waals surface area contributed by atoms with Gasteiger partial charge in [0, 0.05) is 24.8 Å².